The van der Waals surface area contributed by atoms with Crippen LogP contribution in [-0.4, -0.2) is 71.1 Å². The minimum absolute atomic E-state index is 0.545. The minimum atomic E-state index is 0.545. The third-order valence-electron chi connectivity index (χ3n) is 5.82. The summed E-state index contributed by atoms with van der Waals surface area (Å²) >= 11 is 0. The average molecular weight is 440 g/mol. The number of aromatic nitrogens is 2. The molecule has 0 radical (unpaired) electrons. The molecule has 8 heteroatoms. The Labute approximate surface area is 188 Å². The Bertz CT molecular complexity index is 1100. The molecule has 1 aromatic heterocycles. The van der Waals surface area contributed by atoms with E-state index >= 15 is 0 Å². The van der Waals surface area contributed by atoms with Gasteiger partial charge in [-0.2, -0.15) is 0 Å². The molecule has 0 atom stereocenters. The van der Waals surface area contributed by atoms with Crippen molar-refractivity contribution in [1.82, 2.24) is 9.97 Å². The Hall–Kier alpha value is -3.26. The van der Waals surface area contributed by atoms with Crippen LogP contribution in [0.1, 0.15) is 6.92 Å². The Kier molecular flexibility index (Phi) is 6.50. The number of hydrogen-bond donors (Lipinski definition) is 1. The van der Waals surface area contributed by atoms with Gasteiger partial charge >= 0.3 is 0 Å². The van der Waals surface area contributed by atoms with Gasteiger partial charge < -0.3 is 28.7 Å². The van der Waals surface area contributed by atoms with Gasteiger partial charge in [-0.05, 0) is 31.2 Å². The number of rotatable bonds is 7. The Balaban J connectivity index is 1.90. The smallest absolute Gasteiger partial charge is 0.163 e. The second kappa shape index (κ2) is 9.48. The maximum Gasteiger partial charge on any atom is 0.163 e. The molecule has 1 fully saturated rings. The lowest BCUT2D eigenvalue weighted by molar-refractivity contribution is -0.880. The summed E-state index contributed by atoms with van der Waals surface area (Å²) in [6.07, 6.45) is 0. The Morgan fingerprint density at radius 3 is 2.22 bits per heavy atom. The van der Waals surface area contributed by atoms with Crippen LogP contribution in [-0.2, 0) is 0 Å². The summed E-state index contributed by atoms with van der Waals surface area (Å²) in [5.74, 6) is 4.21. The predicted octanol–water partition coefficient (Wildman–Crippen LogP) is 2.06. The van der Waals surface area contributed by atoms with Crippen molar-refractivity contribution in [3.63, 3.8) is 0 Å². The Morgan fingerprint density at radius 1 is 0.875 bits per heavy atom. The van der Waals surface area contributed by atoms with Crippen LogP contribution in [0.25, 0.3) is 22.3 Å². The largest absolute Gasteiger partial charge is 0.493 e. The highest BCUT2D eigenvalue weighted by atomic mass is 16.5. The predicted molar refractivity (Wildman–Crippen MR) is 125 cm³/mol. The summed E-state index contributed by atoms with van der Waals surface area (Å²) in [5, 5.41) is 0.953. The van der Waals surface area contributed by atoms with Gasteiger partial charge in [0, 0.05) is 17.0 Å². The van der Waals surface area contributed by atoms with Crippen molar-refractivity contribution >= 4 is 16.7 Å². The number of ether oxygens (including phenoxy) is 4. The first-order chi connectivity index (χ1) is 15.6. The summed E-state index contributed by atoms with van der Waals surface area (Å²) in [6.45, 7) is 6.48. The molecule has 0 bridgehead atoms. The van der Waals surface area contributed by atoms with Crippen LogP contribution in [0.2, 0.25) is 0 Å². The zero-order valence-electron chi connectivity index (χ0n) is 19.4. The zero-order chi connectivity index (χ0) is 22.7. The highest BCUT2D eigenvalue weighted by molar-refractivity contribution is 5.93. The van der Waals surface area contributed by atoms with E-state index in [-0.39, 0.29) is 0 Å². The summed E-state index contributed by atoms with van der Waals surface area (Å²) < 4.78 is 22.3. The van der Waals surface area contributed by atoms with Gasteiger partial charge in [-0.25, -0.2) is 9.97 Å². The monoisotopic (exact) mass is 439 g/mol. The molecule has 32 heavy (non-hydrogen) atoms. The van der Waals surface area contributed by atoms with Gasteiger partial charge in [0.05, 0.1) is 66.7 Å². The van der Waals surface area contributed by atoms with E-state index in [0.717, 1.165) is 48.5 Å². The zero-order valence-corrected chi connectivity index (χ0v) is 19.4. The summed E-state index contributed by atoms with van der Waals surface area (Å²) in [6, 6.07) is 9.66. The summed E-state index contributed by atoms with van der Waals surface area (Å²) in [7, 11) is 7.13. The van der Waals surface area contributed by atoms with Gasteiger partial charge in [0.1, 0.15) is 5.82 Å². The van der Waals surface area contributed by atoms with E-state index in [1.807, 2.05) is 37.3 Å². The van der Waals surface area contributed by atoms with Crippen molar-refractivity contribution in [3.05, 3.63) is 30.3 Å². The molecule has 8 nitrogen and oxygen atoms in total. The standard InChI is InChI=1S/C24H30N4O4/c1-6-32-22-15-18-17(14-21(22)31-5)24(28-11-9-27(2)10-12-28)26-23(25-18)16-7-8-19(29-3)20(13-16)30-4/h7-8,13-15H,6,9-12H2,1-5H3/p+1. The lowest BCUT2D eigenvalue weighted by atomic mass is 10.1. The first-order valence-electron chi connectivity index (χ1n) is 10.9. The number of methoxy groups -OCH3 is 3. The molecule has 1 aliphatic heterocycles. The number of nitrogens with zero attached hydrogens (tertiary/aromatic N) is 3. The van der Waals surface area contributed by atoms with E-state index in [1.54, 1.807) is 21.3 Å². The van der Waals surface area contributed by atoms with Crippen molar-refractivity contribution in [2.45, 2.75) is 6.92 Å². The maximum atomic E-state index is 5.81. The fourth-order valence-electron chi connectivity index (χ4n) is 3.99. The molecule has 0 spiro atoms. The van der Waals surface area contributed by atoms with Gasteiger partial charge in [0.2, 0.25) is 0 Å². The SMILES string of the molecule is CCOc1cc2nc(-c3ccc(OC)c(OC)c3)nc(N3CC[NH+](C)CC3)c2cc1OC. The quantitative estimate of drug-likeness (QED) is 0.604. The van der Waals surface area contributed by atoms with Crippen molar-refractivity contribution < 1.29 is 23.8 Å². The molecule has 0 unspecified atom stereocenters. The number of quaternary nitrogens is 1. The molecule has 1 N–H and O–H groups in total. The average Bonchev–Trinajstić information content (AvgIpc) is 2.83. The molecule has 170 valence electrons. The summed E-state index contributed by atoms with van der Waals surface area (Å²) in [4.78, 5) is 13.8. The van der Waals surface area contributed by atoms with E-state index in [4.69, 9.17) is 28.9 Å². The van der Waals surface area contributed by atoms with Crippen LogP contribution in [0.5, 0.6) is 23.0 Å². The second-order valence-electron chi connectivity index (χ2n) is 7.84. The molecule has 3 aromatic rings. The third-order valence-corrected chi connectivity index (χ3v) is 5.82. The number of piperazine rings is 1. The van der Waals surface area contributed by atoms with Crippen LogP contribution in [0.15, 0.2) is 30.3 Å². The minimum Gasteiger partial charge on any atom is -0.493 e. The number of fused-ring (bicyclic) bond motifs is 1. The van der Waals surface area contributed by atoms with Crippen LogP contribution in [0, 0.1) is 0 Å². The topological polar surface area (TPSA) is 70.4 Å². The van der Waals surface area contributed by atoms with Gasteiger partial charge in [-0.1, -0.05) is 0 Å². The maximum absolute atomic E-state index is 5.81. The van der Waals surface area contributed by atoms with Gasteiger partial charge in [-0.3, -0.25) is 0 Å². The molecule has 2 aromatic carbocycles. The number of anilines is 1. The lowest BCUT2D eigenvalue weighted by Crippen LogP contribution is -3.12. The van der Waals surface area contributed by atoms with Gasteiger partial charge in [0.25, 0.3) is 0 Å². The number of benzene rings is 2. The molecule has 1 saturated heterocycles. The van der Waals surface area contributed by atoms with Crippen LogP contribution < -0.4 is 28.7 Å². The molecule has 0 aliphatic carbocycles. The molecule has 4 rings (SSSR count). The molecule has 0 amide bonds. The number of hydrogen-bond acceptors (Lipinski definition) is 7. The van der Waals surface area contributed by atoms with Crippen molar-refractivity contribution in [3.8, 4) is 34.4 Å². The number of nitrogens with one attached hydrogen (secondary N) is 1. The third kappa shape index (κ3) is 4.23. The normalized spacial score (nSPS) is 14.5. The molecule has 2 heterocycles. The fraction of sp³-hybridized carbons (Fsp3) is 0.417. The highest BCUT2D eigenvalue weighted by Crippen LogP contribution is 2.38. The molecule has 0 saturated carbocycles. The van der Waals surface area contributed by atoms with Crippen molar-refractivity contribution in [1.29, 1.82) is 0 Å². The van der Waals surface area contributed by atoms with Gasteiger partial charge in [-0.15, -0.1) is 0 Å². The van der Waals surface area contributed by atoms with Gasteiger partial charge in [0.15, 0.2) is 28.8 Å². The highest BCUT2D eigenvalue weighted by Gasteiger charge is 2.23. The van der Waals surface area contributed by atoms with E-state index in [9.17, 15) is 0 Å². The molecular formula is C24H31N4O4+. The van der Waals surface area contributed by atoms with E-state index < -0.39 is 0 Å². The molecule has 1 aliphatic rings. The first kappa shape index (κ1) is 22.0. The van der Waals surface area contributed by atoms with Crippen LogP contribution >= 0.6 is 0 Å². The van der Waals surface area contributed by atoms with E-state index in [0.29, 0.717) is 35.4 Å². The molecular weight excluding hydrogens is 408 g/mol. The second-order valence-corrected chi connectivity index (χ2v) is 7.84. The summed E-state index contributed by atoms with van der Waals surface area (Å²) in [5.41, 5.74) is 1.68. The fourth-order valence-corrected chi connectivity index (χ4v) is 3.99. The lowest BCUT2D eigenvalue weighted by Gasteiger charge is -2.31. The van der Waals surface area contributed by atoms with Crippen LogP contribution in [0.4, 0.5) is 5.82 Å². The van der Waals surface area contributed by atoms with E-state index in [1.165, 1.54) is 4.90 Å². The van der Waals surface area contributed by atoms with Crippen LogP contribution in [0.3, 0.4) is 0 Å². The first-order valence-corrected chi connectivity index (χ1v) is 10.9. The van der Waals surface area contributed by atoms with Crippen molar-refractivity contribution in [2.75, 3.05) is 66.1 Å². The Morgan fingerprint density at radius 2 is 1.56 bits per heavy atom. The van der Waals surface area contributed by atoms with Crippen molar-refractivity contribution in [2.24, 2.45) is 0 Å². The van der Waals surface area contributed by atoms with E-state index in [2.05, 4.69) is 11.9 Å². The number of likely N-dealkylation sites (N-methyl/N-ethyl adjacent to an activating group) is 1.